The normalized spacial score (nSPS) is 19.0. The smallest absolute Gasteiger partial charge is 0.329 e. The first-order valence-electron chi connectivity index (χ1n) is 20.8. The van der Waals surface area contributed by atoms with Crippen LogP contribution in [0.25, 0.3) is 27.9 Å². The van der Waals surface area contributed by atoms with E-state index in [1.165, 1.54) is 12.1 Å². The molecule has 1 atom stereocenters. The van der Waals surface area contributed by atoms with Gasteiger partial charge in [0.15, 0.2) is 0 Å². The van der Waals surface area contributed by atoms with Crippen LogP contribution in [0.15, 0.2) is 78.0 Å². The van der Waals surface area contributed by atoms with Crippen LogP contribution >= 0.6 is 0 Å². The fraction of sp³-hybridized carbons (Fsp3) is 0.364. The summed E-state index contributed by atoms with van der Waals surface area (Å²) in [5, 5.41) is 8.72. The van der Waals surface area contributed by atoms with E-state index in [1.807, 2.05) is 40.9 Å². The van der Waals surface area contributed by atoms with Crippen molar-refractivity contribution in [1.29, 1.82) is 0 Å². The van der Waals surface area contributed by atoms with Crippen molar-refractivity contribution in [2.75, 3.05) is 60.9 Å². The van der Waals surface area contributed by atoms with E-state index in [9.17, 15) is 23.6 Å². The third-order valence-electron chi connectivity index (χ3n) is 12.9. The summed E-state index contributed by atoms with van der Waals surface area (Å²) in [5.74, 6) is 0.0923. The van der Waals surface area contributed by atoms with Gasteiger partial charge in [-0.15, -0.1) is 0 Å². The lowest BCUT2D eigenvalue weighted by Crippen LogP contribution is -2.47. The summed E-state index contributed by atoms with van der Waals surface area (Å²) in [4.78, 5) is 67.1. The number of halogens is 1. The van der Waals surface area contributed by atoms with Crippen LogP contribution in [-0.2, 0) is 23.2 Å². The van der Waals surface area contributed by atoms with Gasteiger partial charge in [-0.2, -0.15) is 0 Å². The van der Waals surface area contributed by atoms with Crippen LogP contribution < -0.4 is 31.4 Å². The summed E-state index contributed by atoms with van der Waals surface area (Å²) in [7, 11) is 1.72. The maximum Gasteiger partial charge on any atom is 0.329 e. The van der Waals surface area contributed by atoms with E-state index in [0.29, 0.717) is 47.1 Å². The van der Waals surface area contributed by atoms with E-state index in [1.54, 1.807) is 28.6 Å². The highest BCUT2D eigenvalue weighted by Crippen LogP contribution is 2.36. The van der Waals surface area contributed by atoms with Crippen LogP contribution in [-0.4, -0.2) is 91.9 Å². The number of rotatable bonds is 9. The Balaban J connectivity index is 0.717. The largest absolute Gasteiger partial charge is 0.370 e. The number of pyridine rings is 2. The Morgan fingerprint density at radius 3 is 2.42 bits per heavy atom. The maximum absolute atomic E-state index is 13.8. The fourth-order valence-electron chi connectivity index (χ4n) is 9.49. The van der Waals surface area contributed by atoms with E-state index in [-0.39, 0.29) is 29.7 Å². The molecule has 2 aromatic carbocycles. The molecule has 3 fully saturated rings. The Labute approximate surface area is 344 Å². The van der Waals surface area contributed by atoms with Crippen molar-refractivity contribution in [1.82, 2.24) is 39.0 Å². The van der Waals surface area contributed by atoms with Gasteiger partial charge in [0, 0.05) is 82.8 Å². The minimum atomic E-state index is -0.700. The second-order valence-corrected chi connectivity index (χ2v) is 16.3. The Morgan fingerprint density at radius 2 is 1.63 bits per heavy atom. The summed E-state index contributed by atoms with van der Waals surface area (Å²) < 4.78 is 18.8. The zero-order chi connectivity index (χ0) is 41.1. The van der Waals surface area contributed by atoms with E-state index in [2.05, 4.69) is 47.8 Å². The van der Waals surface area contributed by atoms with Gasteiger partial charge in [-0.1, -0.05) is 6.07 Å². The number of carbonyl (C=O) groups is 3. The second-order valence-electron chi connectivity index (χ2n) is 16.3. The molecule has 0 aliphatic carbocycles. The number of piperazine rings is 1. The van der Waals surface area contributed by atoms with Crippen molar-refractivity contribution in [3.63, 3.8) is 0 Å². The molecule has 60 heavy (non-hydrogen) atoms. The van der Waals surface area contributed by atoms with Gasteiger partial charge in [0.05, 0.1) is 46.1 Å². The van der Waals surface area contributed by atoms with E-state index < -0.39 is 11.9 Å². The SMILES string of the molecule is Cn1c(=O)n(C2CCC(=O)NC2=O)c2cc(N3CCN(CCC4CCN(c5ccc(Nc6ccc(-c7cnc8cc(F)ccn78)c7c6C(=O)NC7)nc5)CC4)CC3)ccc21. The average Bonchev–Trinajstić information content (AvgIpc) is 3.94. The summed E-state index contributed by atoms with van der Waals surface area (Å²) in [5.41, 5.74) is 7.62. The van der Waals surface area contributed by atoms with Gasteiger partial charge in [0.1, 0.15) is 23.3 Å². The number of nitrogens with zero attached hydrogens (tertiary/aromatic N) is 8. The first-order valence-corrected chi connectivity index (χ1v) is 20.8. The van der Waals surface area contributed by atoms with Gasteiger partial charge in [-0.3, -0.25) is 38.1 Å². The molecule has 4 aliphatic heterocycles. The lowest BCUT2D eigenvalue weighted by Gasteiger charge is -2.38. The number of piperidine rings is 2. The number of nitrogens with one attached hydrogen (secondary N) is 3. The number of aromatic nitrogens is 5. The van der Waals surface area contributed by atoms with Crippen molar-refractivity contribution in [2.45, 2.75) is 44.7 Å². The van der Waals surface area contributed by atoms with Crippen molar-refractivity contribution < 1.29 is 18.8 Å². The Bertz CT molecular complexity index is 2720. The first-order chi connectivity index (χ1) is 29.2. The van der Waals surface area contributed by atoms with Gasteiger partial charge in [-0.25, -0.2) is 19.2 Å². The molecule has 6 aromatic rings. The van der Waals surface area contributed by atoms with Crippen LogP contribution in [0.3, 0.4) is 0 Å². The molecular weight excluding hydrogens is 766 g/mol. The number of hydrogen-bond donors (Lipinski definition) is 3. The minimum absolute atomic E-state index is 0.152. The molecule has 3 amide bonds. The number of hydrogen-bond acceptors (Lipinski definition) is 10. The predicted octanol–water partition coefficient (Wildman–Crippen LogP) is 4.58. The van der Waals surface area contributed by atoms with Crippen molar-refractivity contribution in [3.8, 4) is 11.3 Å². The molecular formula is C44H46FN11O4. The number of aryl methyl sites for hydroxylation is 1. The quantitative estimate of drug-likeness (QED) is 0.177. The topological polar surface area (TPSA) is 154 Å². The van der Waals surface area contributed by atoms with E-state index >= 15 is 0 Å². The lowest BCUT2D eigenvalue weighted by atomic mass is 9.93. The Morgan fingerprint density at radius 1 is 0.833 bits per heavy atom. The highest BCUT2D eigenvalue weighted by atomic mass is 19.1. The monoisotopic (exact) mass is 811 g/mol. The third-order valence-corrected chi connectivity index (χ3v) is 12.9. The number of benzene rings is 2. The van der Waals surface area contributed by atoms with Crippen LogP contribution in [0.4, 0.5) is 27.3 Å². The highest BCUT2D eigenvalue weighted by molar-refractivity contribution is 6.06. The molecule has 10 rings (SSSR count). The number of fused-ring (bicyclic) bond motifs is 3. The van der Waals surface area contributed by atoms with Crippen molar-refractivity contribution in [2.24, 2.45) is 13.0 Å². The van der Waals surface area contributed by atoms with E-state index in [4.69, 9.17) is 4.98 Å². The Hall–Kier alpha value is -6.55. The molecule has 15 nitrogen and oxygen atoms in total. The summed E-state index contributed by atoms with van der Waals surface area (Å²) >= 11 is 0. The van der Waals surface area contributed by atoms with Crippen LogP contribution in [0, 0.1) is 11.7 Å². The predicted molar refractivity (Wildman–Crippen MR) is 226 cm³/mol. The molecule has 16 heteroatoms. The zero-order valence-corrected chi connectivity index (χ0v) is 33.4. The molecule has 4 aliphatic rings. The number of carbonyl (C=O) groups excluding carboxylic acids is 3. The number of amides is 3. The molecule has 8 heterocycles. The molecule has 1 unspecified atom stereocenters. The second kappa shape index (κ2) is 15.2. The molecule has 308 valence electrons. The summed E-state index contributed by atoms with van der Waals surface area (Å²) in [6, 6.07) is 16.0. The molecule has 4 aromatic heterocycles. The molecule has 0 spiro atoms. The molecule has 0 saturated carbocycles. The van der Waals surface area contributed by atoms with E-state index in [0.717, 1.165) is 98.8 Å². The first kappa shape index (κ1) is 37.7. The zero-order valence-electron chi connectivity index (χ0n) is 33.4. The molecule has 3 N–H and O–H groups in total. The average molecular weight is 812 g/mol. The number of imide groups is 1. The number of anilines is 4. The van der Waals surface area contributed by atoms with Crippen LogP contribution in [0.2, 0.25) is 0 Å². The van der Waals surface area contributed by atoms with Gasteiger partial charge in [0.25, 0.3) is 5.91 Å². The molecule has 0 radical (unpaired) electrons. The summed E-state index contributed by atoms with van der Waals surface area (Å²) in [6.07, 6.45) is 9.20. The van der Waals surface area contributed by atoms with Gasteiger partial charge in [-0.05, 0) is 86.2 Å². The van der Waals surface area contributed by atoms with Gasteiger partial charge >= 0.3 is 5.69 Å². The highest BCUT2D eigenvalue weighted by Gasteiger charge is 2.32. The number of imidazole rings is 2. The van der Waals surface area contributed by atoms with Crippen LogP contribution in [0.1, 0.15) is 54.1 Å². The summed E-state index contributed by atoms with van der Waals surface area (Å²) in [6.45, 7) is 7.08. The molecule has 0 bridgehead atoms. The third kappa shape index (κ3) is 6.83. The van der Waals surface area contributed by atoms with Crippen molar-refractivity contribution in [3.05, 3.63) is 101 Å². The van der Waals surface area contributed by atoms with Gasteiger partial charge < -0.3 is 20.4 Å². The van der Waals surface area contributed by atoms with Crippen molar-refractivity contribution >= 4 is 57.3 Å². The van der Waals surface area contributed by atoms with Crippen LogP contribution in [0.5, 0.6) is 0 Å². The Kier molecular flexibility index (Phi) is 9.58. The fourth-order valence-corrected chi connectivity index (χ4v) is 9.49. The lowest BCUT2D eigenvalue weighted by molar-refractivity contribution is -0.135. The van der Waals surface area contributed by atoms with Gasteiger partial charge in [0.2, 0.25) is 11.8 Å². The maximum atomic E-state index is 13.8. The minimum Gasteiger partial charge on any atom is -0.370 e. The standard InChI is InChI=1S/C44H46FN11O4/c1-51-34-6-2-29(23-36(34)56(44(51)60)35-7-9-40(57)50-42(35)58)54-20-18-52(19-21-54)14-10-27-11-15-53(16-12-27)30-3-8-38(46-24-30)49-33-5-4-31(32-25-48-43(59)41(32)33)37-26-47-39-22-28(45)13-17-55(37)39/h2-6,8,13,17,22-24,26-27,35H,7,9-12,14-16,18-21,25H2,1H3,(H,46,49)(H,48,59)(H,50,57,58). The molecule has 3 saturated heterocycles.